The highest BCUT2D eigenvalue weighted by Gasteiger charge is 2.33. The van der Waals surface area contributed by atoms with Crippen LogP contribution in [0.2, 0.25) is 5.15 Å². The maximum absolute atomic E-state index is 12.4. The minimum absolute atomic E-state index is 0.0597. The van der Waals surface area contributed by atoms with E-state index in [1.165, 1.54) is 18.7 Å². The van der Waals surface area contributed by atoms with Gasteiger partial charge in [0.25, 0.3) is 0 Å². The predicted molar refractivity (Wildman–Crippen MR) is 60.3 cm³/mol. The molecule has 0 amide bonds. The Hall–Kier alpha value is -1.73. The molecule has 2 rings (SSSR count). The number of aliphatic hydroxyl groups excluding tert-OH is 1. The first-order valence-electron chi connectivity index (χ1n) is 5.06. The van der Waals surface area contributed by atoms with Crippen molar-refractivity contribution >= 4 is 11.6 Å². The summed E-state index contributed by atoms with van der Waals surface area (Å²) >= 11 is 5.67. The quantitative estimate of drug-likeness (QED) is 0.864. The zero-order chi connectivity index (χ0) is 14.0. The van der Waals surface area contributed by atoms with Crippen molar-refractivity contribution in [3.05, 3.63) is 52.8 Å². The average molecular weight is 290 g/mol. The molecule has 8 heteroatoms. The molecule has 2 aromatic heterocycles. The molecule has 1 unspecified atom stereocenters. The molecule has 0 aliphatic rings. The second-order valence-corrected chi connectivity index (χ2v) is 4.01. The largest absolute Gasteiger partial charge is 0.433 e. The van der Waals surface area contributed by atoms with Crippen molar-refractivity contribution in [2.45, 2.75) is 12.3 Å². The number of rotatable bonds is 2. The average Bonchev–Trinajstić information content (AvgIpc) is 2.38. The first kappa shape index (κ1) is 13.7. The number of pyridine rings is 1. The van der Waals surface area contributed by atoms with Crippen LogP contribution in [-0.4, -0.2) is 20.1 Å². The summed E-state index contributed by atoms with van der Waals surface area (Å²) in [7, 11) is 0. The molecule has 2 aromatic rings. The van der Waals surface area contributed by atoms with E-state index in [-0.39, 0.29) is 5.56 Å². The van der Waals surface area contributed by atoms with Gasteiger partial charge in [-0.05, 0) is 6.07 Å². The van der Waals surface area contributed by atoms with Gasteiger partial charge in [0, 0.05) is 23.5 Å². The second kappa shape index (κ2) is 5.10. The van der Waals surface area contributed by atoms with Crippen LogP contribution in [-0.2, 0) is 6.18 Å². The Morgan fingerprint density at radius 2 is 1.79 bits per heavy atom. The van der Waals surface area contributed by atoms with Crippen LogP contribution in [0.4, 0.5) is 13.2 Å². The lowest BCUT2D eigenvalue weighted by atomic mass is 10.1. The third-order valence-electron chi connectivity index (χ3n) is 2.36. The van der Waals surface area contributed by atoms with Gasteiger partial charge in [0.1, 0.15) is 23.3 Å². The molecule has 0 aliphatic carbocycles. The highest BCUT2D eigenvalue weighted by atomic mass is 35.5. The van der Waals surface area contributed by atoms with E-state index in [2.05, 4.69) is 15.0 Å². The molecule has 0 bridgehead atoms. The topological polar surface area (TPSA) is 58.9 Å². The van der Waals surface area contributed by atoms with Gasteiger partial charge in [-0.1, -0.05) is 17.7 Å². The SMILES string of the molecule is OC(c1cncnc1)c1ccc(C(F)(F)F)nc1Cl. The predicted octanol–water partition coefficient (Wildman–Crippen LogP) is 2.63. The maximum atomic E-state index is 12.4. The molecule has 1 N–H and O–H groups in total. The molecule has 0 aromatic carbocycles. The number of nitrogens with zero attached hydrogens (tertiary/aromatic N) is 3. The van der Waals surface area contributed by atoms with Crippen LogP contribution >= 0.6 is 11.6 Å². The summed E-state index contributed by atoms with van der Waals surface area (Å²) in [6.45, 7) is 0. The molecule has 2 heterocycles. The van der Waals surface area contributed by atoms with Crippen LogP contribution in [0.15, 0.2) is 30.9 Å². The number of aromatic nitrogens is 3. The van der Waals surface area contributed by atoms with Gasteiger partial charge in [0.15, 0.2) is 0 Å². The zero-order valence-electron chi connectivity index (χ0n) is 9.26. The standard InChI is InChI=1S/C11H7ClF3N3O/c12-10-7(1-2-8(18-10)11(13,14)15)9(19)6-3-16-5-17-4-6/h1-5,9,19H. The van der Waals surface area contributed by atoms with Gasteiger partial charge in [-0.25, -0.2) is 15.0 Å². The monoisotopic (exact) mass is 289 g/mol. The van der Waals surface area contributed by atoms with E-state index < -0.39 is 23.1 Å². The van der Waals surface area contributed by atoms with E-state index in [0.29, 0.717) is 5.56 Å². The Labute approximate surface area is 110 Å². The van der Waals surface area contributed by atoms with Crippen molar-refractivity contribution in [3.63, 3.8) is 0 Å². The van der Waals surface area contributed by atoms with E-state index in [9.17, 15) is 18.3 Å². The Bertz CT molecular complexity index is 577. The van der Waals surface area contributed by atoms with Crippen LogP contribution in [0, 0.1) is 0 Å². The van der Waals surface area contributed by atoms with Crippen LogP contribution in [0.3, 0.4) is 0 Å². The zero-order valence-corrected chi connectivity index (χ0v) is 10.0. The molecule has 0 spiro atoms. The van der Waals surface area contributed by atoms with Crippen molar-refractivity contribution in [2.75, 3.05) is 0 Å². The molecular formula is C11H7ClF3N3O. The molecule has 4 nitrogen and oxygen atoms in total. The number of aliphatic hydroxyl groups is 1. The molecule has 0 saturated carbocycles. The Morgan fingerprint density at radius 1 is 1.16 bits per heavy atom. The van der Waals surface area contributed by atoms with Crippen LogP contribution in [0.1, 0.15) is 22.9 Å². The van der Waals surface area contributed by atoms with Crippen molar-refractivity contribution in [2.24, 2.45) is 0 Å². The van der Waals surface area contributed by atoms with Crippen molar-refractivity contribution < 1.29 is 18.3 Å². The smallest absolute Gasteiger partial charge is 0.383 e. The first-order valence-corrected chi connectivity index (χ1v) is 5.44. The van der Waals surface area contributed by atoms with Gasteiger partial charge < -0.3 is 5.11 Å². The Kier molecular flexibility index (Phi) is 3.68. The molecular weight excluding hydrogens is 283 g/mol. The van der Waals surface area contributed by atoms with E-state index in [4.69, 9.17) is 11.6 Å². The minimum Gasteiger partial charge on any atom is -0.383 e. The van der Waals surface area contributed by atoms with E-state index in [0.717, 1.165) is 12.1 Å². The molecule has 0 radical (unpaired) electrons. The normalized spacial score (nSPS) is 13.3. The van der Waals surface area contributed by atoms with Gasteiger partial charge in [-0.3, -0.25) is 0 Å². The lowest BCUT2D eigenvalue weighted by molar-refractivity contribution is -0.141. The fourth-order valence-electron chi connectivity index (χ4n) is 1.44. The number of alkyl halides is 3. The summed E-state index contributed by atoms with van der Waals surface area (Å²) in [4.78, 5) is 10.6. The molecule has 100 valence electrons. The Balaban J connectivity index is 2.37. The number of hydrogen-bond acceptors (Lipinski definition) is 4. The molecule has 0 saturated heterocycles. The minimum atomic E-state index is -4.58. The van der Waals surface area contributed by atoms with E-state index in [1.54, 1.807) is 0 Å². The van der Waals surface area contributed by atoms with Gasteiger partial charge in [-0.2, -0.15) is 13.2 Å². The van der Waals surface area contributed by atoms with Gasteiger partial charge in [-0.15, -0.1) is 0 Å². The molecule has 0 aliphatic heterocycles. The third kappa shape index (κ3) is 2.99. The van der Waals surface area contributed by atoms with Crippen molar-refractivity contribution in [1.82, 2.24) is 15.0 Å². The summed E-state index contributed by atoms with van der Waals surface area (Å²) in [6.07, 6.45) is -1.87. The van der Waals surface area contributed by atoms with Crippen LogP contribution in [0.5, 0.6) is 0 Å². The lowest BCUT2D eigenvalue weighted by Gasteiger charge is -2.13. The second-order valence-electron chi connectivity index (χ2n) is 3.65. The fraction of sp³-hybridized carbons (Fsp3) is 0.182. The van der Waals surface area contributed by atoms with E-state index >= 15 is 0 Å². The fourth-order valence-corrected chi connectivity index (χ4v) is 1.70. The van der Waals surface area contributed by atoms with Gasteiger partial charge in [0.05, 0.1) is 0 Å². The van der Waals surface area contributed by atoms with Crippen LogP contribution < -0.4 is 0 Å². The van der Waals surface area contributed by atoms with Gasteiger partial charge in [0.2, 0.25) is 0 Å². The van der Waals surface area contributed by atoms with E-state index in [1.807, 2.05) is 0 Å². The highest BCUT2D eigenvalue weighted by molar-refractivity contribution is 6.30. The molecule has 19 heavy (non-hydrogen) atoms. The summed E-state index contributed by atoms with van der Waals surface area (Å²) in [6, 6.07) is 1.84. The van der Waals surface area contributed by atoms with Crippen molar-refractivity contribution in [1.29, 1.82) is 0 Å². The first-order chi connectivity index (χ1) is 8.89. The lowest BCUT2D eigenvalue weighted by Crippen LogP contribution is -2.10. The number of halogens is 4. The summed E-state index contributed by atoms with van der Waals surface area (Å²) in [5.41, 5.74) is -0.742. The third-order valence-corrected chi connectivity index (χ3v) is 2.66. The maximum Gasteiger partial charge on any atom is 0.433 e. The number of hydrogen-bond donors (Lipinski definition) is 1. The summed E-state index contributed by atoms with van der Waals surface area (Å²) in [5.74, 6) is 0. The highest BCUT2D eigenvalue weighted by Crippen LogP contribution is 2.32. The molecule has 0 fully saturated rings. The Morgan fingerprint density at radius 3 is 2.32 bits per heavy atom. The summed E-state index contributed by atoms with van der Waals surface area (Å²) < 4.78 is 37.3. The molecule has 1 atom stereocenters. The van der Waals surface area contributed by atoms with Crippen LogP contribution in [0.25, 0.3) is 0 Å². The van der Waals surface area contributed by atoms with Gasteiger partial charge >= 0.3 is 6.18 Å². The van der Waals surface area contributed by atoms with Crippen molar-refractivity contribution in [3.8, 4) is 0 Å². The summed E-state index contributed by atoms with van der Waals surface area (Å²) in [5, 5.41) is 9.57.